The number of aromatic nitrogens is 5. The Morgan fingerprint density at radius 3 is 2.46 bits per heavy atom. The van der Waals surface area contributed by atoms with Crippen molar-refractivity contribution in [2.45, 2.75) is 30.9 Å². The molecular formula is C18H22ClN7O2. The third kappa shape index (κ3) is 3.51. The van der Waals surface area contributed by atoms with Crippen molar-refractivity contribution in [2.75, 3.05) is 0 Å². The van der Waals surface area contributed by atoms with Gasteiger partial charge in [-0.1, -0.05) is 12.1 Å². The molecule has 1 aliphatic rings. The van der Waals surface area contributed by atoms with E-state index in [1.165, 1.54) is 0 Å². The molecule has 28 heavy (non-hydrogen) atoms. The molecule has 10 heteroatoms. The lowest BCUT2D eigenvalue weighted by molar-refractivity contribution is 0.100. The van der Waals surface area contributed by atoms with Crippen LogP contribution in [0.1, 0.15) is 34.9 Å². The van der Waals surface area contributed by atoms with Gasteiger partial charge >= 0.3 is 0 Å². The van der Waals surface area contributed by atoms with Crippen molar-refractivity contribution in [2.24, 2.45) is 18.5 Å². The number of amides is 1. The zero-order valence-electron chi connectivity index (χ0n) is 15.3. The highest BCUT2D eigenvalue weighted by Crippen LogP contribution is 2.35. The zero-order valence-corrected chi connectivity index (χ0v) is 16.1. The second kappa shape index (κ2) is 7.70. The van der Waals surface area contributed by atoms with E-state index < -0.39 is 12.0 Å². The molecule has 4 rings (SSSR count). The maximum Gasteiger partial charge on any atom is 0.248 e. The van der Waals surface area contributed by atoms with E-state index in [4.69, 9.17) is 16.5 Å². The van der Waals surface area contributed by atoms with Crippen molar-refractivity contribution in [3.8, 4) is 17.2 Å². The fraction of sp³-hybridized carbons (Fsp3) is 0.333. The third-order valence-corrected chi connectivity index (χ3v) is 5.01. The lowest BCUT2D eigenvalue weighted by Crippen LogP contribution is -2.28. The predicted octanol–water partition coefficient (Wildman–Crippen LogP) is 0.754. The molecule has 2 aromatic heterocycles. The fourth-order valence-corrected chi connectivity index (χ4v) is 3.50. The first-order valence-electron chi connectivity index (χ1n) is 8.73. The van der Waals surface area contributed by atoms with Gasteiger partial charge in [0.2, 0.25) is 5.91 Å². The Hall–Kier alpha value is -2.75. The number of hydrogen-bond acceptors (Lipinski definition) is 6. The SMILES string of the molecule is Cl.Cn1nccc1-n1nc(-c2ccc(C(N)=O)cc2)nc1[C@H]1C[C@H](N)[C@@H](O)C1. The van der Waals surface area contributed by atoms with Gasteiger partial charge in [0.25, 0.3) is 0 Å². The minimum absolute atomic E-state index is 0. The van der Waals surface area contributed by atoms with E-state index in [1.54, 1.807) is 39.8 Å². The van der Waals surface area contributed by atoms with Gasteiger partial charge in [-0.05, 0) is 25.0 Å². The summed E-state index contributed by atoms with van der Waals surface area (Å²) in [6, 6.07) is 8.41. The molecule has 0 spiro atoms. The average molecular weight is 404 g/mol. The number of aryl methyl sites for hydroxylation is 1. The van der Waals surface area contributed by atoms with Crippen LogP contribution in [0.4, 0.5) is 0 Å². The van der Waals surface area contributed by atoms with Gasteiger partial charge in [0.1, 0.15) is 5.82 Å². The first-order valence-corrected chi connectivity index (χ1v) is 8.73. The number of nitrogens with zero attached hydrogens (tertiary/aromatic N) is 5. The van der Waals surface area contributed by atoms with Crippen LogP contribution in [0.25, 0.3) is 17.2 Å². The summed E-state index contributed by atoms with van der Waals surface area (Å²) in [6.07, 6.45) is 2.32. The topological polar surface area (TPSA) is 138 Å². The molecule has 1 saturated carbocycles. The van der Waals surface area contributed by atoms with E-state index in [2.05, 4.69) is 10.2 Å². The smallest absolute Gasteiger partial charge is 0.248 e. The van der Waals surface area contributed by atoms with Crippen molar-refractivity contribution in [1.29, 1.82) is 0 Å². The Balaban J connectivity index is 0.00000225. The number of rotatable bonds is 4. The van der Waals surface area contributed by atoms with E-state index in [0.717, 1.165) is 17.2 Å². The van der Waals surface area contributed by atoms with Crippen LogP contribution in [0.5, 0.6) is 0 Å². The third-order valence-electron chi connectivity index (χ3n) is 5.01. The van der Waals surface area contributed by atoms with Gasteiger partial charge in [-0.3, -0.25) is 9.48 Å². The summed E-state index contributed by atoms with van der Waals surface area (Å²) in [5, 5.41) is 18.9. The number of nitrogens with two attached hydrogens (primary N) is 2. The van der Waals surface area contributed by atoms with Gasteiger partial charge in [0, 0.05) is 36.2 Å². The zero-order chi connectivity index (χ0) is 19.1. The lowest BCUT2D eigenvalue weighted by Gasteiger charge is -2.10. The van der Waals surface area contributed by atoms with E-state index in [0.29, 0.717) is 24.2 Å². The van der Waals surface area contributed by atoms with Crippen molar-refractivity contribution in [3.05, 3.63) is 47.9 Å². The van der Waals surface area contributed by atoms with Crippen molar-refractivity contribution in [3.63, 3.8) is 0 Å². The summed E-state index contributed by atoms with van der Waals surface area (Å²) in [6.45, 7) is 0. The molecule has 0 aliphatic heterocycles. The molecule has 5 N–H and O–H groups in total. The van der Waals surface area contributed by atoms with Crippen molar-refractivity contribution < 1.29 is 9.90 Å². The predicted molar refractivity (Wildman–Crippen MR) is 105 cm³/mol. The number of carbonyl (C=O) groups excluding carboxylic acids is 1. The number of aliphatic hydroxyl groups excluding tert-OH is 1. The minimum atomic E-state index is -0.551. The first kappa shape index (κ1) is 20.0. The summed E-state index contributed by atoms with van der Waals surface area (Å²) in [7, 11) is 1.83. The molecule has 0 unspecified atom stereocenters. The first-order chi connectivity index (χ1) is 12.9. The van der Waals surface area contributed by atoms with E-state index in [9.17, 15) is 9.90 Å². The number of benzene rings is 1. The molecule has 148 valence electrons. The minimum Gasteiger partial charge on any atom is -0.391 e. The molecule has 3 aromatic rings. The molecular weight excluding hydrogens is 382 g/mol. The highest BCUT2D eigenvalue weighted by molar-refractivity contribution is 5.93. The summed E-state index contributed by atoms with van der Waals surface area (Å²) >= 11 is 0. The van der Waals surface area contributed by atoms with Gasteiger partial charge < -0.3 is 16.6 Å². The van der Waals surface area contributed by atoms with Crippen molar-refractivity contribution in [1.82, 2.24) is 24.5 Å². The standard InChI is InChI=1S/C18H21N7O2.ClH/c1-24-15(6-7-21-24)25-18(12-8-13(19)14(26)9-12)22-17(23-25)11-4-2-10(3-5-11)16(20)27;/h2-7,12-14,26H,8-9,19H2,1H3,(H2,20,27);1H/t12-,13-,14-;/m0./s1. The maximum absolute atomic E-state index is 11.3. The molecule has 1 amide bonds. The van der Waals surface area contributed by atoms with E-state index in [-0.39, 0.29) is 24.4 Å². The van der Waals surface area contributed by atoms with Crippen LogP contribution in [0.2, 0.25) is 0 Å². The molecule has 3 atom stereocenters. The highest BCUT2D eigenvalue weighted by Gasteiger charge is 2.35. The Labute approximate surface area is 167 Å². The molecule has 2 heterocycles. The molecule has 1 aliphatic carbocycles. The molecule has 0 bridgehead atoms. The van der Waals surface area contributed by atoms with Gasteiger partial charge in [-0.2, -0.15) is 9.78 Å². The Kier molecular flexibility index (Phi) is 5.50. The Bertz CT molecular complexity index is 972. The van der Waals surface area contributed by atoms with E-state index >= 15 is 0 Å². The van der Waals surface area contributed by atoms with Crippen LogP contribution < -0.4 is 11.5 Å². The summed E-state index contributed by atoms with van der Waals surface area (Å²) in [5.41, 5.74) is 12.5. The molecule has 0 saturated heterocycles. The van der Waals surface area contributed by atoms with Gasteiger partial charge in [0.15, 0.2) is 11.6 Å². The summed E-state index contributed by atoms with van der Waals surface area (Å²) < 4.78 is 3.46. The van der Waals surface area contributed by atoms with Crippen LogP contribution >= 0.6 is 12.4 Å². The normalized spacial score (nSPS) is 21.5. The second-order valence-electron chi connectivity index (χ2n) is 6.86. The number of carbonyl (C=O) groups is 1. The molecule has 0 radical (unpaired) electrons. The Morgan fingerprint density at radius 2 is 1.93 bits per heavy atom. The van der Waals surface area contributed by atoms with Crippen LogP contribution in [0, 0.1) is 0 Å². The molecule has 9 nitrogen and oxygen atoms in total. The Morgan fingerprint density at radius 1 is 1.21 bits per heavy atom. The van der Waals surface area contributed by atoms with Gasteiger partial charge in [-0.15, -0.1) is 17.5 Å². The van der Waals surface area contributed by atoms with Crippen molar-refractivity contribution >= 4 is 18.3 Å². The number of primary amides is 1. The molecule has 1 fully saturated rings. The number of aliphatic hydroxyl groups is 1. The fourth-order valence-electron chi connectivity index (χ4n) is 3.50. The van der Waals surface area contributed by atoms with Crippen LogP contribution in [-0.4, -0.2) is 47.7 Å². The second-order valence-corrected chi connectivity index (χ2v) is 6.86. The number of hydrogen-bond donors (Lipinski definition) is 3. The van der Waals surface area contributed by atoms with Gasteiger partial charge in [0.05, 0.1) is 12.3 Å². The average Bonchev–Trinajstić information content (AvgIpc) is 3.34. The van der Waals surface area contributed by atoms with Crippen LogP contribution in [0.3, 0.4) is 0 Å². The largest absolute Gasteiger partial charge is 0.391 e. The highest BCUT2D eigenvalue weighted by atomic mass is 35.5. The quantitative estimate of drug-likeness (QED) is 0.587. The van der Waals surface area contributed by atoms with Crippen LogP contribution in [0.15, 0.2) is 36.5 Å². The summed E-state index contributed by atoms with van der Waals surface area (Å²) in [5.74, 6) is 1.55. The summed E-state index contributed by atoms with van der Waals surface area (Å²) in [4.78, 5) is 16.0. The maximum atomic E-state index is 11.3. The van der Waals surface area contributed by atoms with Crippen LogP contribution in [-0.2, 0) is 7.05 Å². The van der Waals surface area contributed by atoms with E-state index in [1.807, 2.05) is 13.1 Å². The monoisotopic (exact) mass is 403 g/mol. The lowest BCUT2D eigenvalue weighted by atomic mass is 10.1. The number of halogens is 1. The van der Waals surface area contributed by atoms with Gasteiger partial charge in [-0.25, -0.2) is 4.98 Å². The molecule has 1 aromatic carbocycles.